The van der Waals surface area contributed by atoms with Gasteiger partial charge in [0.2, 0.25) is 0 Å². The smallest absolute Gasteiger partial charge is 0.343 e. The number of rotatable bonds is 8. The normalized spacial score (nSPS) is 24.8. The Morgan fingerprint density at radius 2 is 1.70 bits per heavy atom. The maximum absolute atomic E-state index is 15.1. The number of halogens is 1. The SMILES string of the molecule is CCCCC[C@H]1CC[C@@H]2CC(c3ccc(C(=O)Oc4ccc(CC)cc4)cc3F)CC[C@H]2C1. The van der Waals surface area contributed by atoms with Crippen LogP contribution < -0.4 is 4.74 Å². The number of hydrogen-bond acceptors (Lipinski definition) is 2. The Balaban J connectivity index is 1.34. The van der Waals surface area contributed by atoms with Crippen molar-refractivity contribution in [1.29, 1.82) is 0 Å². The van der Waals surface area contributed by atoms with E-state index in [1.165, 1.54) is 63.0 Å². The minimum absolute atomic E-state index is 0.262. The summed E-state index contributed by atoms with van der Waals surface area (Å²) >= 11 is 0. The molecule has 0 spiro atoms. The van der Waals surface area contributed by atoms with E-state index in [-0.39, 0.29) is 17.3 Å². The molecule has 0 amide bonds. The summed E-state index contributed by atoms with van der Waals surface area (Å²) in [7, 11) is 0. The van der Waals surface area contributed by atoms with Crippen LogP contribution in [0, 0.1) is 23.6 Å². The predicted molar refractivity (Wildman–Crippen MR) is 132 cm³/mol. The summed E-state index contributed by atoms with van der Waals surface area (Å²) in [6.07, 6.45) is 13.8. The van der Waals surface area contributed by atoms with Crippen LogP contribution in [0.3, 0.4) is 0 Å². The molecule has 2 fully saturated rings. The van der Waals surface area contributed by atoms with E-state index in [1.807, 2.05) is 18.2 Å². The summed E-state index contributed by atoms with van der Waals surface area (Å²) in [5.74, 6) is 2.48. The van der Waals surface area contributed by atoms with E-state index in [1.54, 1.807) is 18.2 Å². The van der Waals surface area contributed by atoms with E-state index in [4.69, 9.17) is 4.74 Å². The number of carbonyl (C=O) groups is 1. The van der Waals surface area contributed by atoms with Gasteiger partial charge in [-0.3, -0.25) is 0 Å². The third-order valence-corrected chi connectivity index (χ3v) is 8.16. The van der Waals surface area contributed by atoms with E-state index in [0.717, 1.165) is 42.6 Å². The van der Waals surface area contributed by atoms with Crippen molar-refractivity contribution in [3.8, 4) is 5.75 Å². The minimum Gasteiger partial charge on any atom is -0.423 e. The first-order valence-corrected chi connectivity index (χ1v) is 13.2. The average Bonchev–Trinajstić information content (AvgIpc) is 2.84. The van der Waals surface area contributed by atoms with Crippen molar-refractivity contribution in [3.63, 3.8) is 0 Å². The number of benzene rings is 2. The summed E-state index contributed by atoms with van der Waals surface area (Å²) in [6.45, 7) is 4.36. The molecule has 2 aromatic rings. The van der Waals surface area contributed by atoms with Crippen molar-refractivity contribution in [2.45, 2.75) is 90.4 Å². The number of unbranched alkanes of at least 4 members (excludes halogenated alkanes) is 2. The first kappa shape index (κ1) is 24.0. The summed E-state index contributed by atoms with van der Waals surface area (Å²) in [5.41, 5.74) is 2.24. The maximum atomic E-state index is 15.1. The van der Waals surface area contributed by atoms with Gasteiger partial charge in [0, 0.05) is 0 Å². The molecule has 0 heterocycles. The minimum atomic E-state index is -0.505. The standard InChI is InChI=1S/C30H39FO2/c1-3-5-6-7-22-8-11-24-19-25(13-12-23(24)18-22)28-17-14-26(20-29(28)31)30(32)33-27-15-9-21(4-2)10-16-27/h9-10,14-17,20,22-25H,3-8,11-13,18-19H2,1-2H3/t22-,23-,24+,25?/m0/s1. The van der Waals surface area contributed by atoms with Crippen molar-refractivity contribution in [1.82, 2.24) is 0 Å². The van der Waals surface area contributed by atoms with Gasteiger partial charge >= 0.3 is 5.97 Å². The number of aryl methyl sites for hydroxylation is 1. The lowest BCUT2D eigenvalue weighted by Gasteiger charge is -2.42. The topological polar surface area (TPSA) is 26.3 Å². The molecule has 33 heavy (non-hydrogen) atoms. The fourth-order valence-corrected chi connectivity index (χ4v) is 6.16. The summed E-state index contributed by atoms with van der Waals surface area (Å²) in [6, 6.07) is 12.4. The molecule has 0 radical (unpaired) electrons. The van der Waals surface area contributed by atoms with Gasteiger partial charge in [-0.1, -0.05) is 64.2 Å². The molecule has 0 aliphatic heterocycles. The van der Waals surface area contributed by atoms with Crippen molar-refractivity contribution in [2.75, 3.05) is 0 Å². The highest BCUT2D eigenvalue weighted by Crippen LogP contribution is 2.48. The third kappa shape index (κ3) is 6.05. The molecule has 1 unspecified atom stereocenters. The molecule has 0 bridgehead atoms. The summed E-state index contributed by atoms with van der Waals surface area (Å²) in [4.78, 5) is 12.5. The van der Waals surface area contributed by atoms with E-state index < -0.39 is 5.97 Å². The lowest BCUT2D eigenvalue weighted by molar-refractivity contribution is 0.0734. The van der Waals surface area contributed by atoms with Crippen molar-refractivity contribution < 1.29 is 13.9 Å². The van der Waals surface area contributed by atoms with Crippen LogP contribution in [-0.4, -0.2) is 5.97 Å². The molecule has 4 rings (SSSR count). The summed E-state index contributed by atoms with van der Waals surface area (Å²) in [5, 5.41) is 0. The molecule has 2 aromatic carbocycles. The average molecular weight is 451 g/mol. The Kier molecular flexibility index (Phi) is 8.22. The molecular weight excluding hydrogens is 411 g/mol. The van der Waals surface area contributed by atoms with Crippen LogP contribution >= 0.6 is 0 Å². The highest BCUT2D eigenvalue weighted by Gasteiger charge is 2.36. The first-order valence-electron chi connectivity index (χ1n) is 13.2. The molecule has 4 atom stereocenters. The maximum Gasteiger partial charge on any atom is 0.343 e. The van der Waals surface area contributed by atoms with Gasteiger partial charge in [-0.2, -0.15) is 0 Å². The van der Waals surface area contributed by atoms with E-state index in [2.05, 4.69) is 13.8 Å². The molecule has 2 nitrogen and oxygen atoms in total. The third-order valence-electron chi connectivity index (χ3n) is 8.16. The highest BCUT2D eigenvalue weighted by molar-refractivity contribution is 5.91. The van der Waals surface area contributed by atoms with Gasteiger partial charge in [0.15, 0.2) is 0 Å². The van der Waals surface area contributed by atoms with Crippen LogP contribution in [0.1, 0.15) is 105 Å². The number of esters is 1. The first-order chi connectivity index (χ1) is 16.1. The van der Waals surface area contributed by atoms with Crippen LogP contribution in [0.2, 0.25) is 0 Å². The van der Waals surface area contributed by atoms with Gasteiger partial charge < -0.3 is 4.74 Å². The summed E-state index contributed by atoms with van der Waals surface area (Å²) < 4.78 is 20.5. The van der Waals surface area contributed by atoms with Crippen LogP contribution in [0.4, 0.5) is 4.39 Å². The Morgan fingerprint density at radius 1 is 0.939 bits per heavy atom. The molecule has 2 saturated carbocycles. The lowest BCUT2D eigenvalue weighted by atomic mass is 9.63. The molecule has 178 valence electrons. The second kappa shape index (κ2) is 11.3. The Hall–Kier alpha value is -2.16. The van der Waals surface area contributed by atoms with Crippen molar-refractivity contribution in [3.05, 3.63) is 65.0 Å². The van der Waals surface area contributed by atoms with Crippen molar-refractivity contribution >= 4 is 5.97 Å². The quantitative estimate of drug-likeness (QED) is 0.229. The second-order valence-electron chi connectivity index (χ2n) is 10.3. The highest BCUT2D eigenvalue weighted by atomic mass is 19.1. The zero-order valence-electron chi connectivity index (χ0n) is 20.3. The van der Waals surface area contributed by atoms with Crippen molar-refractivity contribution in [2.24, 2.45) is 17.8 Å². The van der Waals surface area contributed by atoms with Crippen LogP contribution in [0.25, 0.3) is 0 Å². The molecule has 2 aliphatic rings. The Labute approximate surface area is 198 Å². The van der Waals surface area contributed by atoms with E-state index in [9.17, 15) is 4.79 Å². The zero-order chi connectivity index (χ0) is 23.2. The Bertz CT molecular complexity index is 919. The van der Waals surface area contributed by atoms with Gasteiger partial charge in [-0.15, -0.1) is 0 Å². The van der Waals surface area contributed by atoms with Crippen LogP contribution in [0.5, 0.6) is 5.75 Å². The second-order valence-corrected chi connectivity index (χ2v) is 10.3. The van der Waals surface area contributed by atoms with E-state index in [0.29, 0.717) is 5.75 Å². The number of carbonyl (C=O) groups excluding carboxylic acids is 1. The molecule has 3 heteroatoms. The molecule has 0 aromatic heterocycles. The Morgan fingerprint density at radius 3 is 2.42 bits per heavy atom. The molecule has 0 saturated heterocycles. The molecule has 0 N–H and O–H groups in total. The van der Waals surface area contributed by atoms with Gasteiger partial charge in [0.1, 0.15) is 11.6 Å². The lowest BCUT2D eigenvalue weighted by Crippen LogP contribution is -2.30. The number of fused-ring (bicyclic) bond motifs is 1. The number of ether oxygens (including phenoxy) is 1. The molecule has 2 aliphatic carbocycles. The van der Waals surface area contributed by atoms with Gasteiger partial charge in [0.05, 0.1) is 5.56 Å². The number of hydrogen-bond donors (Lipinski definition) is 0. The fourth-order valence-electron chi connectivity index (χ4n) is 6.16. The largest absolute Gasteiger partial charge is 0.423 e. The fraction of sp³-hybridized carbons (Fsp3) is 0.567. The molecular formula is C30H39FO2. The van der Waals surface area contributed by atoms with Crippen LogP contribution in [-0.2, 0) is 6.42 Å². The van der Waals surface area contributed by atoms with Gasteiger partial charge in [-0.25, -0.2) is 9.18 Å². The van der Waals surface area contributed by atoms with Crippen LogP contribution in [0.15, 0.2) is 42.5 Å². The predicted octanol–water partition coefficient (Wildman–Crippen LogP) is 8.49. The van der Waals surface area contributed by atoms with E-state index >= 15 is 4.39 Å². The monoisotopic (exact) mass is 450 g/mol. The van der Waals surface area contributed by atoms with Gasteiger partial charge in [-0.05, 0) is 97.6 Å². The van der Waals surface area contributed by atoms with Gasteiger partial charge in [0.25, 0.3) is 0 Å². The zero-order valence-corrected chi connectivity index (χ0v) is 20.3.